The number of ether oxygens (including phenoxy) is 1. The SMILES string of the molecule is CCN(CC)C(=O)C(C)Nc1cc(Cl)ccc1OC. The molecule has 1 aromatic carbocycles. The number of amides is 1. The molecule has 106 valence electrons. The van der Waals surface area contributed by atoms with E-state index in [4.69, 9.17) is 16.3 Å². The third kappa shape index (κ3) is 4.03. The van der Waals surface area contributed by atoms with E-state index in [-0.39, 0.29) is 11.9 Å². The summed E-state index contributed by atoms with van der Waals surface area (Å²) >= 11 is 5.96. The first-order chi connectivity index (χ1) is 9.03. The number of rotatable bonds is 6. The van der Waals surface area contributed by atoms with E-state index in [2.05, 4.69) is 5.32 Å². The molecule has 0 saturated heterocycles. The fourth-order valence-corrected chi connectivity index (χ4v) is 2.07. The van der Waals surface area contributed by atoms with Crippen LogP contribution in [-0.2, 0) is 4.79 Å². The van der Waals surface area contributed by atoms with Crippen LogP contribution in [0.1, 0.15) is 20.8 Å². The Kier molecular flexibility index (Phi) is 5.96. The van der Waals surface area contributed by atoms with E-state index < -0.39 is 0 Å². The van der Waals surface area contributed by atoms with Gasteiger partial charge in [-0.2, -0.15) is 0 Å². The predicted octanol–water partition coefficient (Wildman–Crippen LogP) is 3.02. The van der Waals surface area contributed by atoms with Crippen molar-refractivity contribution in [2.24, 2.45) is 0 Å². The zero-order valence-electron chi connectivity index (χ0n) is 11.9. The molecule has 1 aromatic rings. The number of nitrogens with zero attached hydrogens (tertiary/aromatic N) is 1. The summed E-state index contributed by atoms with van der Waals surface area (Å²) in [5.41, 5.74) is 0.725. The van der Waals surface area contributed by atoms with Crippen LogP contribution in [0.2, 0.25) is 5.02 Å². The highest BCUT2D eigenvalue weighted by atomic mass is 35.5. The summed E-state index contributed by atoms with van der Waals surface area (Å²) in [6.45, 7) is 7.17. The summed E-state index contributed by atoms with van der Waals surface area (Å²) in [6.07, 6.45) is 0. The average Bonchev–Trinajstić information content (AvgIpc) is 2.40. The Morgan fingerprint density at radius 1 is 1.42 bits per heavy atom. The van der Waals surface area contributed by atoms with Crippen molar-refractivity contribution in [3.05, 3.63) is 23.2 Å². The average molecular weight is 285 g/mol. The van der Waals surface area contributed by atoms with Gasteiger partial charge < -0.3 is 15.0 Å². The Morgan fingerprint density at radius 3 is 2.58 bits per heavy atom. The van der Waals surface area contributed by atoms with Crippen molar-refractivity contribution in [3.63, 3.8) is 0 Å². The number of halogens is 1. The van der Waals surface area contributed by atoms with E-state index in [0.29, 0.717) is 23.9 Å². The second kappa shape index (κ2) is 7.24. The van der Waals surface area contributed by atoms with Gasteiger partial charge in [-0.05, 0) is 39.0 Å². The monoisotopic (exact) mass is 284 g/mol. The first-order valence-electron chi connectivity index (χ1n) is 6.42. The second-order valence-electron chi connectivity index (χ2n) is 4.22. The van der Waals surface area contributed by atoms with Crippen LogP contribution < -0.4 is 10.1 Å². The highest BCUT2D eigenvalue weighted by Gasteiger charge is 2.19. The van der Waals surface area contributed by atoms with Crippen LogP contribution in [0.15, 0.2) is 18.2 Å². The van der Waals surface area contributed by atoms with Gasteiger partial charge in [-0.15, -0.1) is 0 Å². The van der Waals surface area contributed by atoms with Gasteiger partial charge in [0.05, 0.1) is 12.8 Å². The molecule has 4 nitrogen and oxygen atoms in total. The molecule has 0 heterocycles. The lowest BCUT2D eigenvalue weighted by Crippen LogP contribution is -2.41. The van der Waals surface area contributed by atoms with Crippen molar-refractivity contribution in [2.45, 2.75) is 26.8 Å². The Hall–Kier alpha value is -1.42. The molecule has 0 saturated carbocycles. The predicted molar refractivity (Wildman–Crippen MR) is 79.0 cm³/mol. The number of hydrogen-bond donors (Lipinski definition) is 1. The summed E-state index contributed by atoms with van der Waals surface area (Å²) in [7, 11) is 1.59. The third-order valence-corrected chi connectivity index (χ3v) is 3.21. The van der Waals surface area contributed by atoms with Crippen LogP contribution in [0.3, 0.4) is 0 Å². The highest BCUT2D eigenvalue weighted by Crippen LogP contribution is 2.28. The standard InChI is InChI=1S/C14H21ClN2O2/c1-5-17(6-2)14(18)10(3)16-12-9-11(15)7-8-13(12)19-4/h7-10,16H,5-6H2,1-4H3. The van der Waals surface area contributed by atoms with Crippen LogP contribution in [0.5, 0.6) is 5.75 Å². The van der Waals surface area contributed by atoms with Crippen molar-refractivity contribution in [1.82, 2.24) is 4.90 Å². The Bertz CT molecular complexity index is 433. The molecule has 1 unspecified atom stereocenters. The maximum Gasteiger partial charge on any atom is 0.244 e. The number of nitrogens with one attached hydrogen (secondary N) is 1. The van der Waals surface area contributed by atoms with Gasteiger partial charge in [0.25, 0.3) is 0 Å². The summed E-state index contributed by atoms with van der Waals surface area (Å²) < 4.78 is 5.25. The summed E-state index contributed by atoms with van der Waals surface area (Å²) in [6, 6.07) is 4.96. The molecule has 1 atom stereocenters. The van der Waals surface area contributed by atoms with Gasteiger partial charge in [0.2, 0.25) is 5.91 Å². The van der Waals surface area contributed by atoms with Gasteiger partial charge >= 0.3 is 0 Å². The first kappa shape index (κ1) is 15.6. The zero-order chi connectivity index (χ0) is 14.4. The second-order valence-corrected chi connectivity index (χ2v) is 4.66. The molecule has 0 spiro atoms. The molecule has 1 N–H and O–H groups in total. The minimum absolute atomic E-state index is 0.0621. The Labute approximate surface area is 119 Å². The number of methoxy groups -OCH3 is 1. The first-order valence-corrected chi connectivity index (χ1v) is 6.80. The fraction of sp³-hybridized carbons (Fsp3) is 0.500. The fourth-order valence-electron chi connectivity index (χ4n) is 1.90. The molecule has 0 aromatic heterocycles. The van der Waals surface area contributed by atoms with Gasteiger partial charge in [0, 0.05) is 18.1 Å². The lowest BCUT2D eigenvalue weighted by Gasteiger charge is -2.24. The van der Waals surface area contributed by atoms with Gasteiger partial charge in [-0.3, -0.25) is 4.79 Å². The molecule has 0 bridgehead atoms. The van der Waals surface area contributed by atoms with Crippen LogP contribution in [0.25, 0.3) is 0 Å². The molecule has 1 rings (SSSR count). The van der Waals surface area contributed by atoms with Gasteiger partial charge in [0.1, 0.15) is 11.8 Å². The smallest absolute Gasteiger partial charge is 0.244 e. The summed E-state index contributed by atoms with van der Waals surface area (Å²) in [5.74, 6) is 0.732. The number of carbonyl (C=O) groups is 1. The zero-order valence-corrected chi connectivity index (χ0v) is 12.6. The van der Waals surface area contributed by atoms with Gasteiger partial charge in [-0.25, -0.2) is 0 Å². The number of hydrogen-bond acceptors (Lipinski definition) is 3. The van der Waals surface area contributed by atoms with Crippen molar-refractivity contribution >= 4 is 23.2 Å². The van der Waals surface area contributed by atoms with E-state index in [1.54, 1.807) is 30.2 Å². The van der Waals surface area contributed by atoms with Crippen molar-refractivity contribution in [1.29, 1.82) is 0 Å². The largest absolute Gasteiger partial charge is 0.495 e. The molecule has 0 radical (unpaired) electrons. The topological polar surface area (TPSA) is 41.6 Å². The van der Waals surface area contributed by atoms with Gasteiger partial charge in [0.15, 0.2) is 0 Å². The van der Waals surface area contributed by atoms with E-state index in [1.807, 2.05) is 20.8 Å². The van der Waals surface area contributed by atoms with E-state index >= 15 is 0 Å². The minimum atomic E-state index is -0.327. The highest BCUT2D eigenvalue weighted by molar-refractivity contribution is 6.30. The number of anilines is 1. The maximum atomic E-state index is 12.2. The van der Waals surface area contributed by atoms with Gasteiger partial charge in [-0.1, -0.05) is 11.6 Å². The summed E-state index contributed by atoms with van der Waals surface area (Å²) in [4.78, 5) is 14.0. The maximum absolute atomic E-state index is 12.2. The molecular weight excluding hydrogens is 264 g/mol. The molecule has 19 heavy (non-hydrogen) atoms. The van der Waals surface area contributed by atoms with E-state index in [1.165, 1.54) is 0 Å². The van der Waals surface area contributed by atoms with Crippen LogP contribution in [-0.4, -0.2) is 37.0 Å². The number of carbonyl (C=O) groups excluding carboxylic acids is 1. The molecule has 0 aliphatic rings. The molecule has 0 fully saturated rings. The molecule has 0 aliphatic carbocycles. The normalized spacial score (nSPS) is 11.8. The lowest BCUT2D eigenvalue weighted by atomic mass is 10.2. The number of likely N-dealkylation sites (N-methyl/N-ethyl adjacent to an activating group) is 1. The van der Waals surface area contributed by atoms with Crippen molar-refractivity contribution in [2.75, 3.05) is 25.5 Å². The quantitative estimate of drug-likeness (QED) is 0.873. The van der Waals surface area contributed by atoms with Crippen LogP contribution in [0.4, 0.5) is 5.69 Å². The number of benzene rings is 1. The van der Waals surface area contributed by atoms with E-state index in [0.717, 1.165) is 5.69 Å². The molecule has 0 aliphatic heterocycles. The molecule has 5 heteroatoms. The minimum Gasteiger partial charge on any atom is -0.495 e. The van der Waals surface area contributed by atoms with E-state index in [9.17, 15) is 4.79 Å². The van der Waals surface area contributed by atoms with Crippen LogP contribution >= 0.6 is 11.6 Å². The van der Waals surface area contributed by atoms with Crippen molar-refractivity contribution in [3.8, 4) is 5.75 Å². The Balaban J connectivity index is 2.84. The third-order valence-electron chi connectivity index (χ3n) is 2.98. The Morgan fingerprint density at radius 2 is 2.05 bits per heavy atom. The summed E-state index contributed by atoms with van der Waals surface area (Å²) in [5, 5.41) is 3.75. The molecule has 1 amide bonds. The molecular formula is C14H21ClN2O2. The lowest BCUT2D eigenvalue weighted by molar-refractivity contribution is -0.131. The van der Waals surface area contributed by atoms with Crippen LogP contribution in [0, 0.1) is 0 Å². The van der Waals surface area contributed by atoms with Crippen molar-refractivity contribution < 1.29 is 9.53 Å².